The van der Waals surface area contributed by atoms with Crippen LogP contribution in [0.15, 0.2) is 59.3 Å². The van der Waals surface area contributed by atoms with Gasteiger partial charge in [0.1, 0.15) is 24.8 Å². The number of rotatable bonds is 2. The number of nitrogens with zero attached hydrogens (tertiary/aromatic N) is 4. The van der Waals surface area contributed by atoms with Crippen molar-refractivity contribution in [3.63, 3.8) is 0 Å². The normalized spacial score (nSPS) is 19.7. The maximum atomic E-state index is 10.2. The van der Waals surface area contributed by atoms with Gasteiger partial charge >= 0.3 is 0 Å². The smallest absolute Gasteiger partial charge is 0.209 e. The minimum atomic E-state index is -0.449. The first kappa shape index (κ1) is 23.1. The highest BCUT2D eigenvalue weighted by Gasteiger charge is 2.47. The molecule has 33 heavy (non-hydrogen) atoms. The molecular weight excluding hydrogens is 451 g/mol. The molecule has 0 bridgehead atoms. The van der Waals surface area contributed by atoms with Gasteiger partial charge in [0.05, 0.1) is 11.0 Å². The fourth-order valence-corrected chi connectivity index (χ4v) is 5.77. The van der Waals surface area contributed by atoms with E-state index in [0.29, 0.717) is 21.2 Å². The van der Waals surface area contributed by atoms with Crippen LogP contribution in [0.25, 0.3) is 0 Å². The van der Waals surface area contributed by atoms with Crippen molar-refractivity contribution in [2.24, 2.45) is 0 Å². The Kier molecular flexibility index (Phi) is 5.44. The van der Waals surface area contributed by atoms with Crippen molar-refractivity contribution in [3.8, 4) is 12.1 Å². The minimum absolute atomic E-state index is 0.449. The third-order valence-electron chi connectivity index (χ3n) is 6.88. The number of benzene rings is 2. The zero-order chi connectivity index (χ0) is 24.3. The molecule has 0 saturated heterocycles. The van der Waals surface area contributed by atoms with E-state index < -0.39 is 10.8 Å². The molecule has 0 aliphatic carbocycles. The van der Waals surface area contributed by atoms with Gasteiger partial charge in [0.15, 0.2) is 0 Å². The van der Waals surface area contributed by atoms with Crippen LogP contribution in [-0.4, -0.2) is 24.4 Å². The Morgan fingerprint density at radius 3 is 2.15 bits per heavy atom. The fraction of sp³-hybridized carbons (Fsp3) is 0.296. The second kappa shape index (κ2) is 7.77. The number of anilines is 1. The lowest BCUT2D eigenvalue weighted by molar-refractivity contribution is -0.401. The molecule has 0 amide bonds. The number of nitriles is 2. The predicted molar refractivity (Wildman–Crippen MR) is 135 cm³/mol. The Morgan fingerprint density at radius 1 is 0.939 bits per heavy atom. The SMILES string of the molecule is CN1/C(=C(C#N)\C=C(/C#N)C2=[N+](C)c3ccc(Cl)cc3C2(C)C)C(C)(C)c2cc(Cl)ccc21. The number of hydrogen-bond donors (Lipinski definition) is 0. The van der Waals surface area contributed by atoms with Gasteiger partial charge in [0.25, 0.3) is 0 Å². The van der Waals surface area contributed by atoms with Gasteiger partial charge in [-0.25, -0.2) is 0 Å². The molecule has 4 nitrogen and oxygen atoms in total. The summed E-state index contributed by atoms with van der Waals surface area (Å²) in [6.07, 6.45) is 1.72. The van der Waals surface area contributed by atoms with Crippen molar-refractivity contribution in [2.45, 2.75) is 38.5 Å². The predicted octanol–water partition coefficient (Wildman–Crippen LogP) is 6.65. The molecule has 2 aromatic rings. The summed E-state index contributed by atoms with van der Waals surface area (Å²) in [4.78, 5) is 2.03. The highest BCUT2D eigenvalue weighted by atomic mass is 35.5. The molecular formula is C27H25Cl2N4+. The first-order valence-electron chi connectivity index (χ1n) is 10.7. The van der Waals surface area contributed by atoms with Gasteiger partial charge in [-0.2, -0.15) is 15.1 Å². The summed E-state index contributed by atoms with van der Waals surface area (Å²) in [5, 5.41) is 21.7. The van der Waals surface area contributed by atoms with Crippen LogP contribution in [0.1, 0.15) is 38.8 Å². The van der Waals surface area contributed by atoms with E-state index in [9.17, 15) is 10.5 Å². The van der Waals surface area contributed by atoms with Crippen molar-refractivity contribution in [2.75, 3.05) is 19.0 Å². The second-order valence-electron chi connectivity index (χ2n) is 9.58. The Bertz CT molecular complexity index is 1380. The lowest BCUT2D eigenvalue weighted by Crippen LogP contribution is -2.30. The molecule has 0 saturated carbocycles. The van der Waals surface area contributed by atoms with Gasteiger partial charge in [-0.15, -0.1) is 0 Å². The van der Waals surface area contributed by atoms with Crippen molar-refractivity contribution in [1.29, 1.82) is 10.5 Å². The Hall–Kier alpha value is -3.05. The molecule has 0 unspecified atom stereocenters. The van der Waals surface area contributed by atoms with E-state index in [-0.39, 0.29) is 0 Å². The van der Waals surface area contributed by atoms with Crippen LogP contribution in [0, 0.1) is 22.7 Å². The Labute approximate surface area is 205 Å². The summed E-state index contributed by atoms with van der Waals surface area (Å²) >= 11 is 12.6. The van der Waals surface area contributed by atoms with E-state index in [0.717, 1.165) is 33.9 Å². The number of halogens is 2. The molecule has 2 heterocycles. The van der Waals surface area contributed by atoms with Gasteiger partial charge in [-0.3, -0.25) is 0 Å². The molecule has 0 spiro atoms. The van der Waals surface area contributed by atoms with E-state index in [2.05, 4.69) is 39.8 Å². The number of fused-ring (bicyclic) bond motifs is 2. The molecule has 0 aromatic heterocycles. The molecule has 2 aliphatic heterocycles. The lowest BCUT2D eigenvalue weighted by atomic mass is 9.78. The average Bonchev–Trinajstić information content (AvgIpc) is 3.07. The van der Waals surface area contributed by atoms with Crippen molar-refractivity contribution < 1.29 is 4.58 Å². The van der Waals surface area contributed by atoms with Crippen LogP contribution in [0.5, 0.6) is 0 Å². The van der Waals surface area contributed by atoms with Crippen molar-refractivity contribution >= 4 is 40.3 Å². The first-order valence-corrected chi connectivity index (χ1v) is 11.4. The standard InChI is InChI=1S/C27H25Cl2N4/c1-26(2)20-12-18(28)7-9-22(20)32(5)24(26)16(14-30)11-17(15-31)25-27(3,4)21-13-19(29)8-10-23(21)33(25)6/h7-13H,1-6H3/q+1. The van der Waals surface area contributed by atoms with Gasteiger partial charge in [-0.1, -0.05) is 37.0 Å². The van der Waals surface area contributed by atoms with E-state index in [1.54, 1.807) is 6.08 Å². The monoisotopic (exact) mass is 475 g/mol. The Balaban J connectivity index is 1.92. The van der Waals surface area contributed by atoms with E-state index in [1.807, 2.05) is 60.0 Å². The first-order chi connectivity index (χ1) is 15.4. The van der Waals surface area contributed by atoms with Crippen LogP contribution in [-0.2, 0) is 10.8 Å². The van der Waals surface area contributed by atoms with E-state index >= 15 is 0 Å². The second-order valence-corrected chi connectivity index (χ2v) is 10.5. The number of hydrogen-bond acceptors (Lipinski definition) is 3. The van der Waals surface area contributed by atoms with Gasteiger partial charge < -0.3 is 4.90 Å². The largest absolute Gasteiger partial charge is 0.346 e. The fourth-order valence-electron chi connectivity index (χ4n) is 5.42. The summed E-state index contributed by atoms with van der Waals surface area (Å²) in [5.41, 5.74) is 5.82. The average molecular weight is 476 g/mol. The quantitative estimate of drug-likeness (QED) is 0.360. The molecule has 0 radical (unpaired) electrons. The zero-order valence-electron chi connectivity index (χ0n) is 19.6. The van der Waals surface area contributed by atoms with Gasteiger partial charge in [0, 0.05) is 45.5 Å². The molecule has 0 fully saturated rings. The highest BCUT2D eigenvalue weighted by molar-refractivity contribution is 6.31. The van der Waals surface area contributed by atoms with Crippen LogP contribution >= 0.6 is 23.2 Å². The minimum Gasteiger partial charge on any atom is -0.346 e. The van der Waals surface area contributed by atoms with E-state index in [4.69, 9.17) is 23.2 Å². The van der Waals surface area contributed by atoms with Crippen LogP contribution in [0.2, 0.25) is 10.0 Å². The third kappa shape index (κ3) is 3.37. The lowest BCUT2D eigenvalue weighted by Gasteiger charge is -2.25. The van der Waals surface area contributed by atoms with Crippen LogP contribution in [0.3, 0.4) is 0 Å². The van der Waals surface area contributed by atoms with E-state index in [1.165, 1.54) is 0 Å². The summed E-state index contributed by atoms with van der Waals surface area (Å²) in [6, 6.07) is 16.3. The Morgan fingerprint density at radius 2 is 1.55 bits per heavy atom. The summed E-state index contributed by atoms with van der Waals surface area (Å²) < 4.78 is 2.03. The number of allylic oxidation sites excluding steroid dienone is 4. The highest BCUT2D eigenvalue weighted by Crippen LogP contribution is 2.49. The van der Waals surface area contributed by atoms with Gasteiger partial charge in [0.2, 0.25) is 11.4 Å². The zero-order valence-corrected chi connectivity index (χ0v) is 21.1. The molecule has 2 aliphatic rings. The maximum absolute atomic E-state index is 10.2. The van der Waals surface area contributed by atoms with Crippen molar-refractivity contribution in [1.82, 2.24) is 0 Å². The molecule has 166 valence electrons. The third-order valence-corrected chi connectivity index (χ3v) is 7.35. The van der Waals surface area contributed by atoms with Crippen LogP contribution < -0.4 is 4.90 Å². The van der Waals surface area contributed by atoms with Crippen molar-refractivity contribution in [3.05, 3.63) is 80.5 Å². The molecule has 2 aromatic carbocycles. The summed E-state index contributed by atoms with van der Waals surface area (Å²) in [7, 11) is 3.90. The molecule has 0 N–H and O–H groups in total. The topological polar surface area (TPSA) is 53.8 Å². The molecule has 0 atom stereocenters. The van der Waals surface area contributed by atoms with Crippen LogP contribution in [0.4, 0.5) is 11.4 Å². The number of likely N-dealkylation sites (N-methyl/N-ethyl adjacent to an activating group) is 1. The maximum Gasteiger partial charge on any atom is 0.209 e. The summed E-state index contributed by atoms with van der Waals surface area (Å²) in [6.45, 7) is 8.31. The summed E-state index contributed by atoms with van der Waals surface area (Å²) in [5.74, 6) is 0. The molecule has 4 rings (SSSR count). The van der Waals surface area contributed by atoms with Gasteiger partial charge in [-0.05, 0) is 55.8 Å². The molecule has 6 heteroatoms.